The van der Waals surface area contributed by atoms with E-state index in [-0.39, 0.29) is 11.3 Å². The van der Waals surface area contributed by atoms with E-state index in [0.717, 1.165) is 5.82 Å². The number of rotatable bonds is 3. The average molecular weight is 358 g/mol. The molecule has 1 saturated heterocycles. The van der Waals surface area contributed by atoms with Crippen molar-refractivity contribution < 1.29 is 19.1 Å². The first-order valence-corrected chi connectivity index (χ1v) is 9.29. The lowest BCUT2D eigenvalue weighted by Crippen LogP contribution is -2.33. The molecule has 2 heterocycles. The second-order valence-electron chi connectivity index (χ2n) is 7.17. The van der Waals surface area contributed by atoms with Crippen LogP contribution in [-0.4, -0.2) is 25.4 Å². The molecule has 2 rings (SSSR count). The van der Waals surface area contributed by atoms with Gasteiger partial charge >= 0.3 is 13.3 Å². The van der Waals surface area contributed by atoms with Gasteiger partial charge in [0.15, 0.2) is 0 Å². The fourth-order valence-electron chi connectivity index (χ4n) is 2.89. The van der Waals surface area contributed by atoms with Crippen molar-refractivity contribution in [2.24, 2.45) is 11.3 Å². The van der Waals surface area contributed by atoms with Crippen LogP contribution in [0.1, 0.15) is 39.0 Å². The minimum absolute atomic E-state index is 0.0514. The Morgan fingerprint density at radius 2 is 2.00 bits per heavy atom. The lowest BCUT2D eigenvalue weighted by molar-refractivity contribution is 0.00858. The van der Waals surface area contributed by atoms with Crippen molar-refractivity contribution in [1.82, 2.24) is 9.55 Å². The fourth-order valence-corrected chi connectivity index (χ4v) is 3.28. The molecular formula is C15H23N2O6P. The van der Waals surface area contributed by atoms with Crippen molar-refractivity contribution >= 4 is 7.60 Å². The van der Waals surface area contributed by atoms with Crippen molar-refractivity contribution in [3.63, 3.8) is 0 Å². The number of aromatic nitrogens is 2. The largest absolute Gasteiger partial charge is 0.350 e. The van der Waals surface area contributed by atoms with Gasteiger partial charge in [-0.25, -0.2) is 4.79 Å². The monoisotopic (exact) mass is 358 g/mol. The van der Waals surface area contributed by atoms with Crippen molar-refractivity contribution in [2.45, 2.75) is 46.4 Å². The molecule has 0 amide bonds. The van der Waals surface area contributed by atoms with Crippen LogP contribution in [0.2, 0.25) is 0 Å². The van der Waals surface area contributed by atoms with Gasteiger partial charge in [-0.2, -0.15) is 0 Å². The summed E-state index contributed by atoms with van der Waals surface area (Å²) < 4.78 is 18.3. The van der Waals surface area contributed by atoms with Gasteiger partial charge in [-0.15, -0.1) is 0 Å². The molecule has 1 aliphatic heterocycles. The van der Waals surface area contributed by atoms with E-state index in [1.807, 2.05) is 20.8 Å². The Kier molecular flexibility index (Phi) is 5.06. The van der Waals surface area contributed by atoms with Crippen molar-refractivity contribution in [1.29, 1.82) is 0 Å². The van der Waals surface area contributed by atoms with Gasteiger partial charge in [0.1, 0.15) is 6.23 Å². The number of nitrogens with zero attached hydrogens (tertiary/aromatic N) is 1. The lowest BCUT2D eigenvalue weighted by Gasteiger charge is -2.29. The smallest absolute Gasteiger partial charge is 0.348 e. The SMILES string of the molecule is Cc1cn([C@H]2C[C@@H](C(C)(C)C)C(/C=C/P(=O)(O)O)O2)c(=O)[nH]c1=O. The summed E-state index contributed by atoms with van der Waals surface area (Å²) in [6, 6.07) is 0. The molecule has 1 aromatic rings. The molecule has 1 unspecified atom stereocenters. The zero-order chi connectivity index (χ0) is 18.3. The van der Waals surface area contributed by atoms with E-state index in [9.17, 15) is 14.2 Å². The summed E-state index contributed by atoms with van der Waals surface area (Å²) in [6.07, 6.45) is 2.15. The fraction of sp³-hybridized carbons (Fsp3) is 0.600. The van der Waals surface area contributed by atoms with Crippen molar-refractivity contribution in [3.05, 3.63) is 44.5 Å². The molecular weight excluding hydrogens is 335 g/mol. The van der Waals surface area contributed by atoms with Crippen LogP contribution in [-0.2, 0) is 9.30 Å². The molecule has 24 heavy (non-hydrogen) atoms. The summed E-state index contributed by atoms with van der Waals surface area (Å²) in [7, 11) is -4.29. The van der Waals surface area contributed by atoms with Crippen LogP contribution >= 0.6 is 7.60 Å². The predicted molar refractivity (Wildman–Crippen MR) is 88.7 cm³/mol. The van der Waals surface area contributed by atoms with Crippen LogP contribution < -0.4 is 11.2 Å². The van der Waals surface area contributed by atoms with E-state index < -0.39 is 31.2 Å². The Morgan fingerprint density at radius 3 is 2.54 bits per heavy atom. The van der Waals surface area contributed by atoms with Crippen molar-refractivity contribution in [3.8, 4) is 0 Å². The van der Waals surface area contributed by atoms with Gasteiger partial charge in [0.25, 0.3) is 5.56 Å². The number of ether oxygens (including phenoxy) is 1. The summed E-state index contributed by atoms with van der Waals surface area (Å²) in [5.74, 6) is 0.782. The molecule has 3 atom stereocenters. The van der Waals surface area contributed by atoms with Crippen LogP contribution in [0.3, 0.4) is 0 Å². The molecule has 0 spiro atoms. The van der Waals surface area contributed by atoms with E-state index >= 15 is 0 Å². The Hall–Kier alpha value is -1.47. The first-order chi connectivity index (χ1) is 10.9. The van der Waals surface area contributed by atoms with Gasteiger partial charge < -0.3 is 14.5 Å². The second-order valence-corrected chi connectivity index (χ2v) is 8.65. The predicted octanol–water partition coefficient (Wildman–Crippen LogP) is 1.49. The standard InChI is InChI=1S/C15H23N2O6P/c1-9-8-17(14(19)16-13(9)18)12-7-10(15(2,3)4)11(23-12)5-6-24(20,21)22/h5-6,8,10-12H,7H2,1-4H3,(H,16,18,19)(H2,20,21,22)/b6-5+/t10-,11?,12-/m1/s1. The first kappa shape index (κ1) is 18.9. The number of H-pyrrole nitrogens is 1. The van der Waals surface area contributed by atoms with Gasteiger partial charge in [0.05, 0.1) is 6.10 Å². The first-order valence-electron chi connectivity index (χ1n) is 7.60. The quantitative estimate of drug-likeness (QED) is 0.704. The van der Waals surface area contributed by atoms with E-state index in [0.29, 0.717) is 12.0 Å². The number of aromatic amines is 1. The molecule has 0 saturated carbocycles. The zero-order valence-electron chi connectivity index (χ0n) is 14.1. The minimum atomic E-state index is -4.29. The van der Waals surface area contributed by atoms with Gasteiger partial charge in [-0.05, 0) is 30.8 Å². The maximum atomic E-state index is 12.0. The third kappa shape index (κ3) is 4.33. The molecule has 1 aliphatic rings. The summed E-state index contributed by atoms with van der Waals surface area (Å²) in [4.78, 5) is 43.9. The highest BCUT2D eigenvalue weighted by atomic mass is 31.2. The summed E-state index contributed by atoms with van der Waals surface area (Å²) in [5.41, 5.74) is -0.818. The average Bonchev–Trinajstić information content (AvgIpc) is 2.84. The Bertz CT molecular complexity index is 797. The summed E-state index contributed by atoms with van der Waals surface area (Å²) in [5, 5.41) is 0. The van der Waals surface area contributed by atoms with Gasteiger partial charge in [0.2, 0.25) is 0 Å². The highest BCUT2D eigenvalue weighted by Crippen LogP contribution is 2.45. The lowest BCUT2D eigenvalue weighted by atomic mass is 9.76. The molecule has 1 aromatic heterocycles. The summed E-state index contributed by atoms with van der Waals surface area (Å²) in [6.45, 7) is 7.60. The second kappa shape index (κ2) is 6.44. The van der Waals surface area contributed by atoms with Crippen LogP contribution in [0, 0.1) is 18.3 Å². The molecule has 0 radical (unpaired) electrons. The highest BCUT2D eigenvalue weighted by molar-refractivity contribution is 7.55. The van der Waals surface area contributed by atoms with Crippen LogP contribution in [0.4, 0.5) is 0 Å². The number of hydrogen-bond donors (Lipinski definition) is 3. The maximum Gasteiger partial charge on any atom is 0.348 e. The molecule has 3 N–H and O–H groups in total. The number of nitrogens with one attached hydrogen (secondary N) is 1. The molecule has 134 valence electrons. The number of aryl methyl sites for hydroxylation is 1. The maximum absolute atomic E-state index is 12.0. The molecule has 1 fully saturated rings. The van der Waals surface area contributed by atoms with Gasteiger partial charge in [-0.3, -0.25) is 18.9 Å². The molecule has 0 aliphatic carbocycles. The molecule has 0 bridgehead atoms. The van der Waals surface area contributed by atoms with Crippen LogP contribution in [0.25, 0.3) is 0 Å². The van der Waals surface area contributed by atoms with E-state index in [1.165, 1.54) is 16.8 Å². The molecule has 9 heteroatoms. The third-order valence-electron chi connectivity index (χ3n) is 4.20. The van der Waals surface area contributed by atoms with E-state index in [4.69, 9.17) is 14.5 Å². The zero-order valence-corrected chi connectivity index (χ0v) is 15.0. The molecule has 8 nitrogen and oxygen atoms in total. The van der Waals surface area contributed by atoms with E-state index in [1.54, 1.807) is 6.92 Å². The Labute approximate surface area is 139 Å². The third-order valence-corrected chi connectivity index (χ3v) is 4.77. The normalized spacial score (nSPS) is 25.5. The van der Waals surface area contributed by atoms with Gasteiger partial charge in [0, 0.05) is 17.6 Å². The summed E-state index contributed by atoms with van der Waals surface area (Å²) >= 11 is 0. The van der Waals surface area contributed by atoms with Crippen LogP contribution in [0.15, 0.2) is 27.7 Å². The highest BCUT2D eigenvalue weighted by Gasteiger charge is 2.41. The van der Waals surface area contributed by atoms with Crippen LogP contribution in [0.5, 0.6) is 0 Å². The Balaban J connectivity index is 2.38. The molecule has 0 aromatic carbocycles. The van der Waals surface area contributed by atoms with Crippen molar-refractivity contribution in [2.75, 3.05) is 0 Å². The topological polar surface area (TPSA) is 122 Å². The number of hydrogen-bond acceptors (Lipinski definition) is 4. The van der Waals surface area contributed by atoms with Gasteiger partial charge in [-0.1, -0.05) is 20.8 Å². The Morgan fingerprint density at radius 1 is 1.38 bits per heavy atom. The van der Waals surface area contributed by atoms with E-state index in [2.05, 4.69) is 4.98 Å². The minimum Gasteiger partial charge on any atom is -0.350 e.